The van der Waals surface area contributed by atoms with Gasteiger partial charge in [0.2, 0.25) is 0 Å². The fourth-order valence-corrected chi connectivity index (χ4v) is 1.94. The van der Waals surface area contributed by atoms with E-state index < -0.39 is 0 Å². The molecule has 1 saturated carbocycles. The van der Waals surface area contributed by atoms with Crippen molar-refractivity contribution in [3.63, 3.8) is 0 Å². The van der Waals surface area contributed by atoms with Crippen LogP contribution in [0, 0.1) is 37.0 Å². The fourth-order valence-electron chi connectivity index (χ4n) is 1.94. The molecule has 0 saturated heterocycles. The predicted octanol–water partition coefficient (Wildman–Crippen LogP) is 2.85. The molecule has 12 heavy (non-hydrogen) atoms. The molecule has 1 fully saturated rings. The smallest absolute Gasteiger partial charge is 0 e. The summed E-state index contributed by atoms with van der Waals surface area (Å²) in [5, 5.41) is 0. The van der Waals surface area contributed by atoms with Gasteiger partial charge in [-0.2, -0.15) is 6.42 Å². The zero-order valence-corrected chi connectivity index (χ0v) is 11.8. The first-order chi connectivity index (χ1) is 5.43. The van der Waals surface area contributed by atoms with Gasteiger partial charge in [0.05, 0.1) is 0 Å². The molecule has 0 heterocycles. The van der Waals surface area contributed by atoms with Gasteiger partial charge < -0.3 is 4.79 Å². The Hall–Kier alpha value is 0.722. The van der Waals surface area contributed by atoms with Gasteiger partial charge >= 0.3 is 0 Å². The van der Waals surface area contributed by atoms with E-state index in [0.717, 1.165) is 12.3 Å². The van der Waals surface area contributed by atoms with E-state index in [2.05, 4.69) is 0 Å². The molecule has 0 aromatic carbocycles. The summed E-state index contributed by atoms with van der Waals surface area (Å²) in [7, 11) is 0. The summed E-state index contributed by atoms with van der Waals surface area (Å²) in [6, 6.07) is 0. The molecular weight excluding hydrogens is 374 g/mol. The van der Waals surface area contributed by atoms with Crippen LogP contribution in [-0.4, -0.2) is 6.29 Å². The third-order valence-corrected chi connectivity index (χ3v) is 2.62. The summed E-state index contributed by atoms with van der Waals surface area (Å²) in [6.07, 6.45) is 12.0. The molecule has 2 heteroatoms. The molecule has 0 amide bonds. The zero-order valence-electron chi connectivity index (χ0n) is 7.64. The minimum absolute atomic E-state index is 0. The molecule has 1 rings (SSSR count). The van der Waals surface area contributed by atoms with Crippen molar-refractivity contribution in [3.8, 4) is 0 Å². The third kappa shape index (κ3) is 5.38. The summed E-state index contributed by atoms with van der Waals surface area (Å²) < 4.78 is 0. The van der Waals surface area contributed by atoms with Crippen LogP contribution in [0.3, 0.4) is 0 Å². The topological polar surface area (TPSA) is 17.1 Å². The maximum absolute atomic E-state index is 9.92. The van der Waals surface area contributed by atoms with Crippen LogP contribution in [0.2, 0.25) is 0 Å². The Balaban J connectivity index is 0.00000121. The van der Waals surface area contributed by atoms with Gasteiger partial charge in [0.1, 0.15) is 0 Å². The van der Waals surface area contributed by atoms with Crippen LogP contribution in [0.5, 0.6) is 0 Å². The second-order valence-corrected chi connectivity index (χ2v) is 3.54. The summed E-state index contributed by atoms with van der Waals surface area (Å²) in [5.74, 6) is 0.928. The molecule has 0 aromatic rings. The largest absolute Gasteiger partial charge is 0.542 e. The second kappa shape index (κ2) is 8.33. The van der Waals surface area contributed by atoms with Crippen molar-refractivity contribution in [1.29, 1.82) is 0 Å². The Morgan fingerprint density at radius 1 is 1.17 bits per heavy atom. The first-order valence-corrected chi connectivity index (χ1v) is 4.78. The van der Waals surface area contributed by atoms with Gasteiger partial charge in [-0.1, -0.05) is 44.9 Å². The molecule has 0 unspecified atom stereocenters. The van der Waals surface area contributed by atoms with E-state index in [9.17, 15) is 4.79 Å². The molecule has 1 nitrogen and oxygen atoms in total. The minimum atomic E-state index is 0. The molecule has 0 bridgehead atoms. The van der Waals surface area contributed by atoms with Crippen molar-refractivity contribution < 1.29 is 35.9 Å². The standard InChI is InChI=1S/C10H17O.U/c11-9-5-4-8-10-6-2-1-3-7-10;/h10H,1-8H2;/q-1;. The maximum atomic E-state index is 9.92. The molecule has 0 spiro atoms. The quantitative estimate of drug-likeness (QED) is 0.532. The maximum Gasteiger partial charge on any atom is 0 e. The predicted molar refractivity (Wildman–Crippen MR) is 46.1 cm³/mol. The van der Waals surface area contributed by atoms with Gasteiger partial charge in [0.25, 0.3) is 0 Å². The van der Waals surface area contributed by atoms with Gasteiger partial charge in [0.15, 0.2) is 0 Å². The zero-order chi connectivity index (χ0) is 7.94. The Bertz CT molecular complexity index is 108. The van der Waals surface area contributed by atoms with Crippen molar-refractivity contribution in [2.45, 2.75) is 51.4 Å². The van der Waals surface area contributed by atoms with Crippen LogP contribution in [0.25, 0.3) is 0 Å². The SMILES string of the molecule is O=[C-]CCCC1CCCCC1.[U]. The summed E-state index contributed by atoms with van der Waals surface area (Å²) in [5.41, 5.74) is 0. The minimum Gasteiger partial charge on any atom is -0.542 e. The van der Waals surface area contributed by atoms with Crippen LogP contribution >= 0.6 is 0 Å². The first kappa shape index (κ1) is 12.7. The molecular formula is C10H17OU-. The average molecular weight is 391 g/mol. The molecule has 0 aliphatic heterocycles. The monoisotopic (exact) mass is 391 g/mol. The van der Waals surface area contributed by atoms with Gasteiger partial charge in [-0.05, 0) is 5.92 Å². The van der Waals surface area contributed by atoms with E-state index in [1.165, 1.54) is 38.5 Å². The Kier molecular flexibility index (Phi) is 8.83. The number of rotatable bonds is 4. The molecule has 0 radical (unpaired) electrons. The van der Waals surface area contributed by atoms with Crippen LogP contribution in [0.4, 0.5) is 0 Å². The van der Waals surface area contributed by atoms with Crippen molar-refractivity contribution in [2.75, 3.05) is 0 Å². The molecule has 1 aliphatic carbocycles. The number of carbonyl (C=O) groups excluding carboxylic acids is 1. The molecule has 0 atom stereocenters. The van der Waals surface area contributed by atoms with Crippen molar-refractivity contribution in [3.05, 3.63) is 0 Å². The third-order valence-electron chi connectivity index (χ3n) is 2.62. The summed E-state index contributed by atoms with van der Waals surface area (Å²) in [4.78, 5) is 9.92. The van der Waals surface area contributed by atoms with E-state index in [0.29, 0.717) is 6.42 Å². The molecule has 0 aromatic heterocycles. The van der Waals surface area contributed by atoms with Gasteiger partial charge in [0, 0.05) is 31.1 Å². The van der Waals surface area contributed by atoms with Gasteiger partial charge in [-0.25, -0.2) is 0 Å². The Morgan fingerprint density at radius 2 is 1.83 bits per heavy atom. The van der Waals surface area contributed by atoms with Crippen LogP contribution in [0.15, 0.2) is 0 Å². The van der Waals surface area contributed by atoms with Crippen molar-refractivity contribution >= 4 is 6.29 Å². The fraction of sp³-hybridized carbons (Fsp3) is 0.900. The molecule has 0 N–H and O–H groups in total. The van der Waals surface area contributed by atoms with Crippen LogP contribution in [0.1, 0.15) is 51.4 Å². The van der Waals surface area contributed by atoms with Crippen LogP contribution in [-0.2, 0) is 4.79 Å². The molecule has 68 valence electrons. The Labute approximate surface area is 99.1 Å². The van der Waals surface area contributed by atoms with E-state index in [-0.39, 0.29) is 31.1 Å². The summed E-state index contributed by atoms with van der Waals surface area (Å²) in [6.45, 7) is 0. The van der Waals surface area contributed by atoms with Crippen molar-refractivity contribution in [1.82, 2.24) is 0 Å². The van der Waals surface area contributed by atoms with Crippen LogP contribution < -0.4 is 0 Å². The average Bonchev–Trinajstić information content (AvgIpc) is 2.07. The number of hydrogen-bond acceptors (Lipinski definition) is 1. The van der Waals surface area contributed by atoms with Gasteiger partial charge in [-0.3, -0.25) is 6.29 Å². The van der Waals surface area contributed by atoms with Gasteiger partial charge in [-0.15, -0.1) is 0 Å². The van der Waals surface area contributed by atoms with E-state index in [1.807, 2.05) is 6.29 Å². The number of unbranched alkanes of at least 4 members (excludes halogenated alkanes) is 1. The normalized spacial score (nSPS) is 18.3. The summed E-state index contributed by atoms with van der Waals surface area (Å²) >= 11 is 0. The van der Waals surface area contributed by atoms with Crippen molar-refractivity contribution in [2.24, 2.45) is 5.92 Å². The number of hydrogen-bond donors (Lipinski definition) is 0. The van der Waals surface area contributed by atoms with E-state index >= 15 is 0 Å². The molecule has 1 aliphatic rings. The van der Waals surface area contributed by atoms with E-state index in [4.69, 9.17) is 0 Å². The first-order valence-electron chi connectivity index (χ1n) is 4.78. The van der Waals surface area contributed by atoms with E-state index in [1.54, 1.807) is 0 Å². The Morgan fingerprint density at radius 3 is 2.42 bits per heavy atom. The second-order valence-electron chi connectivity index (χ2n) is 3.54.